The molecule has 0 bridgehead atoms. The molecule has 0 atom stereocenters. The summed E-state index contributed by atoms with van der Waals surface area (Å²) in [6, 6.07) is 13.5. The second-order valence-electron chi connectivity index (χ2n) is 6.15. The number of hydrogen-bond donors (Lipinski definition) is 1. The molecule has 29 heavy (non-hydrogen) atoms. The molecule has 3 aromatic rings. The van der Waals surface area contributed by atoms with Gasteiger partial charge >= 0.3 is 0 Å². The molecule has 0 saturated heterocycles. The third kappa shape index (κ3) is 4.41. The fourth-order valence-electron chi connectivity index (χ4n) is 2.88. The van der Waals surface area contributed by atoms with E-state index in [1.54, 1.807) is 19.2 Å². The minimum atomic E-state index is -0.272. The van der Waals surface area contributed by atoms with Crippen LogP contribution in [0.25, 0.3) is 11.1 Å². The third-order valence-corrected chi connectivity index (χ3v) is 5.25. The second-order valence-corrected chi connectivity index (χ2v) is 7.07. The molecule has 3 rings (SSSR count). The zero-order valence-corrected chi connectivity index (χ0v) is 17.5. The average molecular weight is 410 g/mol. The molecular formula is C22H22N2O4S. The molecule has 1 heterocycles. The minimum absolute atomic E-state index is 0.272. The van der Waals surface area contributed by atoms with Crippen molar-refractivity contribution >= 4 is 23.5 Å². The van der Waals surface area contributed by atoms with Gasteiger partial charge in [0, 0.05) is 11.1 Å². The zero-order chi connectivity index (χ0) is 20.8. The Morgan fingerprint density at radius 2 is 1.69 bits per heavy atom. The number of carbonyl (C=O) groups excluding carboxylic acids is 1. The maximum atomic E-state index is 12.6. The zero-order valence-electron chi connectivity index (χ0n) is 16.7. The van der Waals surface area contributed by atoms with Gasteiger partial charge in [-0.2, -0.15) is 5.10 Å². The van der Waals surface area contributed by atoms with E-state index in [0.29, 0.717) is 27.7 Å². The van der Waals surface area contributed by atoms with Crippen LogP contribution in [0.3, 0.4) is 0 Å². The van der Waals surface area contributed by atoms with E-state index in [9.17, 15) is 4.79 Å². The van der Waals surface area contributed by atoms with Gasteiger partial charge in [0.1, 0.15) is 4.88 Å². The predicted molar refractivity (Wildman–Crippen MR) is 116 cm³/mol. The molecule has 1 aromatic heterocycles. The van der Waals surface area contributed by atoms with E-state index >= 15 is 0 Å². The van der Waals surface area contributed by atoms with E-state index in [4.69, 9.17) is 14.2 Å². The number of aryl methyl sites for hydroxylation is 1. The molecule has 0 radical (unpaired) electrons. The van der Waals surface area contributed by atoms with Crippen molar-refractivity contribution in [2.75, 3.05) is 21.3 Å². The second kappa shape index (κ2) is 9.25. The van der Waals surface area contributed by atoms with Crippen molar-refractivity contribution < 1.29 is 19.0 Å². The van der Waals surface area contributed by atoms with Gasteiger partial charge in [0.2, 0.25) is 5.75 Å². The smallest absolute Gasteiger partial charge is 0.282 e. The van der Waals surface area contributed by atoms with Gasteiger partial charge in [-0.1, -0.05) is 29.8 Å². The summed E-state index contributed by atoms with van der Waals surface area (Å²) in [5.41, 5.74) is 6.28. The van der Waals surface area contributed by atoms with E-state index in [1.165, 1.54) is 37.3 Å². The first-order valence-corrected chi connectivity index (χ1v) is 9.74. The van der Waals surface area contributed by atoms with Crippen LogP contribution in [0.15, 0.2) is 52.9 Å². The van der Waals surface area contributed by atoms with Crippen molar-refractivity contribution in [1.82, 2.24) is 5.43 Å². The summed E-state index contributed by atoms with van der Waals surface area (Å²) in [5, 5.41) is 5.99. The molecule has 150 valence electrons. The van der Waals surface area contributed by atoms with Gasteiger partial charge in [0.05, 0.1) is 27.5 Å². The minimum Gasteiger partial charge on any atom is -0.493 e. The number of nitrogens with zero attached hydrogens (tertiary/aromatic N) is 1. The molecule has 7 heteroatoms. The lowest BCUT2D eigenvalue weighted by molar-refractivity contribution is 0.0959. The standard InChI is InChI=1S/C22H22N2O4S/c1-14-5-7-15(8-6-14)17-11-12-29-21(17)22(25)24-23-13-16-9-10-18(26-2)20(28-4)19(16)27-3/h5-13H,1-4H3,(H,24,25)/b23-13-. The van der Waals surface area contributed by atoms with Crippen LogP contribution in [-0.4, -0.2) is 33.5 Å². The number of nitrogens with one attached hydrogen (secondary N) is 1. The van der Waals surface area contributed by atoms with E-state index in [2.05, 4.69) is 10.5 Å². The highest BCUT2D eigenvalue weighted by Gasteiger charge is 2.16. The molecule has 2 aromatic carbocycles. The highest BCUT2D eigenvalue weighted by atomic mass is 32.1. The fourth-order valence-corrected chi connectivity index (χ4v) is 3.69. The summed E-state index contributed by atoms with van der Waals surface area (Å²) in [7, 11) is 4.62. The summed E-state index contributed by atoms with van der Waals surface area (Å²) in [6.45, 7) is 2.03. The molecule has 0 saturated carbocycles. The molecule has 0 aliphatic carbocycles. The van der Waals surface area contributed by atoms with Crippen LogP contribution in [0.4, 0.5) is 0 Å². The molecule has 0 aliphatic heterocycles. The average Bonchev–Trinajstić information content (AvgIpc) is 3.23. The van der Waals surface area contributed by atoms with E-state index in [0.717, 1.165) is 11.1 Å². The molecule has 6 nitrogen and oxygen atoms in total. The van der Waals surface area contributed by atoms with E-state index < -0.39 is 0 Å². The molecule has 0 unspecified atom stereocenters. The Hall–Kier alpha value is -3.32. The van der Waals surface area contributed by atoms with Crippen LogP contribution < -0.4 is 19.6 Å². The number of benzene rings is 2. The first kappa shape index (κ1) is 20.4. The number of carbonyl (C=O) groups is 1. The van der Waals surface area contributed by atoms with Gasteiger partial charge in [0.15, 0.2) is 11.5 Å². The number of hydrogen-bond acceptors (Lipinski definition) is 6. The van der Waals surface area contributed by atoms with Crippen molar-refractivity contribution in [3.05, 3.63) is 63.8 Å². The van der Waals surface area contributed by atoms with Gasteiger partial charge in [-0.3, -0.25) is 4.79 Å². The Labute approximate surface area is 173 Å². The molecule has 1 amide bonds. The van der Waals surface area contributed by atoms with Gasteiger partial charge in [0.25, 0.3) is 5.91 Å². The number of amides is 1. The Morgan fingerprint density at radius 1 is 0.966 bits per heavy atom. The van der Waals surface area contributed by atoms with Crippen LogP contribution in [0, 0.1) is 6.92 Å². The largest absolute Gasteiger partial charge is 0.493 e. The van der Waals surface area contributed by atoms with E-state index in [1.807, 2.05) is 42.6 Å². The quantitative estimate of drug-likeness (QED) is 0.460. The number of hydrazone groups is 1. The van der Waals surface area contributed by atoms with E-state index in [-0.39, 0.29) is 5.91 Å². The predicted octanol–water partition coefficient (Wildman–Crippen LogP) is 4.51. The van der Waals surface area contributed by atoms with Crippen LogP contribution >= 0.6 is 11.3 Å². The van der Waals surface area contributed by atoms with Gasteiger partial charge < -0.3 is 14.2 Å². The monoisotopic (exact) mass is 410 g/mol. The fraction of sp³-hybridized carbons (Fsp3) is 0.182. The number of methoxy groups -OCH3 is 3. The molecule has 0 aliphatic rings. The Balaban J connectivity index is 1.79. The number of rotatable bonds is 7. The van der Waals surface area contributed by atoms with Crippen LogP contribution in [0.5, 0.6) is 17.2 Å². The van der Waals surface area contributed by atoms with Gasteiger partial charge in [-0.05, 0) is 36.1 Å². The van der Waals surface area contributed by atoms with Crippen LogP contribution in [0.2, 0.25) is 0 Å². The summed E-state index contributed by atoms with van der Waals surface area (Å²) in [5.74, 6) is 1.21. The topological polar surface area (TPSA) is 69.2 Å². The maximum absolute atomic E-state index is 12.6. The summed E-state index contributed by atoms with van der Waals surface area (Å²) in [4.78, 5) is 13.2. The normalized spacial score (nSPS) is 10.8. The first-order valence-electron chi connectivity index (χ1n) is 8.86. The summed E-state index contributed by atoms with van der Waals surface area (Å²) < 4.78 is 16.1. The molecule has 0 spiro atoms. The van der Waals surface area contributed by atoms with Crippen LogP contribution in [0.1, 0.15) is 20.8 Å². The van der Waals surface area contributed by atoms with Crippen molar-refractivity contribution in [2.45, 2.75) is 6.92 Å². The van der Waals surface area contributed by atoms with Crippen molar-refractivity contribution in [2.24, 2.45) is 5.10 Å². The van der Waals surface area contributed by atoms with Crippen molar-refractivity contribution in [1.29, 1.82) is 0 Å². The van der Waals surface area contributed by atoms with Crippen molar-refractivity contribution in [3.63, 3.8) is 0 Å². The molecular weight excluding hydrogens is 388 g/mol. The summed E-state index contributed by atoms with van der Waals surface area (Å²) in [6.07, 6.45) is 1.51. The first-order chi connectivity index (χ1) is 14.1. The maximum Gasteiger partial charge on any atom is 0.282 e. The molecule has 1 N–H and O–H groups in total. The SMILES string of the molecule is COc1ccc(/C=N\NC(=O)c2sccc2-c2ccc(C)cc2)c(OC)c1OC. The highest BCUT2D eigenvalue weighted by Crippen LogP contribution is 2.39. The van der Waals surface area contributed by atoms with Gasteiger partial charge in [-0.15, -0.1) is 11.3 Å². The Bertz CT molecular complexity index is 1030. The third-order valence-electron chi connectivity index (χ3n) is 4.34. The van der Waals surface area contributed by atoms with Gasteiger partial charge in [-0.25, -0.2) is 5.43 Å². The molecule has 0 fully saturated rings. The Kier molecular flexibility index (Phi) is 6.51. The summed E-state index contributed by atoms with van der Waals surface area (Å²) >= 11 is 1.37. The van der Waals surface area contributed by atoms with Crippen molar-refractivity contribution in [3.8, 4) is 28.4 Å². The number of thiophene rings is 1. The highest BCUT2D eigenvalue weighted by molar-refractivity contribution is 7.12. The Morgan fingerprint density at radius 3 is 2.34 bits per heavy atom. The number of ether oxygens (including phenoxy) is 3. The lowest BCUT2D eigenvalue weighted by Gasteiger charge is -2.13. The van der Waals surface area contributed by atoms with Crippen LogP contribution in [-0.2, 0) is 0 Å². The lowest BCUT2D eigenvalue weighted by atomic mass is 10.1. The lowest BCUT2D eigenvalue weighted by Crippen LogP contribution is -2.17.